The van der Waals surface area contributed by atoms with E-state index in [2.05, 4.69) is 20.5 Å². The minimum atomic E-state index is -0.0567. The average molecular weight is 262 g/mol. The summed E-state index contributed by atoms with van der Waals surface area (Å²) in [4.78, 5) is 15.8. The van der Waals surface area contributed by atoms with Gasteiger partial charge in [0, 0.05) is 11.7 Å². The second kappa shape index (κ2) is 5.64. The highest BCUT2D eigenvalue weighted by molar-refractivity contribution is 5.75. The van der Waals surface area contributed by atoms with Crippen LogP contribution in [-0.2, 0) is 17.9 Å². The normalized spacial score (nSPS) is 12.4. The van der Waals surface area contributed by atoms with Gasteiger partial charge in [0.1, 0.15) is 19.2 Å². The maximum absolute atomic E-state index is 11.9. The van der Waals surface area contributed by atoms with Crippen LogP contribution >= 0.6 is 0 Å². The number of nitrogens with zero attached hydrogens (tertiary/aromatic N) is 5. The van der Waals surface area contributed by atoms with E-state index in [0.717, 1.165) is 11.4 Å². The van der Waals surface area contributed by atoms with Crippen LogP contribution in [0.4, 0.5) is 0 Å². The van der Waals surface area contributed by atoms with Gasteiger partial charge in [0.25, 0.3) is 0 Å². The molecule has 0 aliphatic heterocycles. The molecule has 1 amide bonds. The quantitative estimate of drug-likeness (QED) is 0.840. The van der Waals surface area contributed by atoms with E-state index >= 15 is 0 Å². The van der Waals surface area contributed by atoms with Crippen molar-refractivity contribution in [3.8, 4) is 0 Å². The molecule has 0 saturated heterocycles. The summed E-state index contributed by atoms with van der Waals surface area (Å²) in [5, 5.41) is 11.2. The fourth-order valence-electron chi connectivity index (χ4n) is 1.94. The predicted molar refractivity (Wildman–Crippen MR) is 69.3 cm³/mol. The predicted octanol–water partition coefficient (Wildman–Crippen LogP) is 0.296. The van der Waals surface area contributed by atoms with Gasteiger partial charge in [-0.15, -0.1) is 0 Å². The summed E-state index contributed by atoms with van der Waals surface area (Å²) in [7, 11) is 0. The van der Waals surface area contributed by atoms with Crippen LogP contribution in [0.25, 0.3) is 0 Å². The molecule has 1 atom stereocenters. The van der Waals surface area contributed by atoms with Crippen LogP contribution in [0.3, 0.4) is 0 Å². The van der Waals surface area contributed by atoms with E-state index in [0.29, 0.717) is 6.54 Å². The van der Waals surface area contributed by atoms with Crippen LogP contribution in [0.15, 0.2) is 18.7 Å². The van der Waals surface area contributed by atoms with E-state index in [4.69, 9.17) is 0 Å². The van der Waals surface area contributed by atoms with Crippen LogP contribution in [-0.4, -0.2) is 36.5 Å². The molecule has 2 heterocycles. The van der Waals surface area contributed by atoms with Crippen LogP contribution in [0, 0.1) is 13.8 Å². The van der Waals surface area contributed by atoms with Gasteiger partial charge in [-0.3, -0.25) is 14.2 Å². The molecule has 2 aromatic rings. The summed E-state index contributed by atoms with van der Waals surface area (Å²) in [6, 6.07) is 1.94. The fraction of sp³-hybridized carbons (Fsp3) is 0.500. The molecule has 2 rings (SSSR count). The fourth-order valence-corrected chi connectivity index (χ4v) is 1.94. The summed E-state index contributed by atoms with van der Waals surface area (Å²) in [6.45, 7) is 6.62. The van der Waals surface area contributed by atoms with Crippen molar-refractivity contribution in [3.05, 3.63) is 30.1 Å². The largest absolute Gasteiger partial charge is 0.350 e. The second-order valence-corrected chi connectivity index (χ2v) is 4.67. The highest BCUT2D eigenvalue weighted by Crippen LogP contribution is 2.01. The number of nitrogens with one attached hydrogen (secondary N) is 1. The Kier molecular flexibility index (Phi) is 3.94. The molecule has 19 heavy (non-hydrogen) atoms. The van der Waals surface area contributed by atoms with Gasteiger partial charge >= 0.3 is 0 Å². The molecule has 0 aromatic carbocycles. The Bertz CT molecular complexity index is 545. The first kappa shape index (κ1) is 13.3. The van der Waals surface area contributed by atoms with Crippen molar-refractivity contribution < 1.29 is 4.79 Å². The lowest BCUT2D eigenvalue weighted by Crippen LogP contribution is -2.38. The number of rotatable bonds is 5. The Morgan fingerprint density at radius 2 is 2.26 bits per heavy atom. The number of hydrogen-bond donors (Lipinski definition) is 1. The lowest BCUT2D eigenvalue weighted by molar-refractivity contribution is -0.122. The van der Waals surface area contributed by atoms with Crippen molar-refractivity contribution >= 4 is 5.91 Å². The van der Waals surface area contributed by atoms with Gasteiger partial charge in [-0.1, -0.05) is 0 Å². The first-order valence-electron chi connectivity index (χ1n) is 6.17. The molecule has 0 saturated carbocycles. The van der Waals surface area contributed by atoms with E-state index in [1.165, 1.54) is 6.33 Å². The van der Waals surface area contributed by atoms with Gasteiger partial charge < -0.3 is 5.32 Å². The number of aromatic nitrogens is 5. The molecule has 7 heteroatoms. The standard InChI is InChI=1S/C12H18N6O/c1-9-4-11(3)18(16-9)6-12(19)15-10(2)5-17-8-13-7-14-17/h4,7-8,10H,5-6H2,1-3H3,(H,15,19). The van der Waals surface area contributed by atoms with Crippen molar-refractivity contribution in [2.24, 2.45) is 0 Å². The minimum absolute atomic E-state index is 0.00818. The minimum Gasteiger partial charge on any atom is -0.350 e. The number of carbonyl (C=O) groups is 1. The topological polar surface area (TPSA) is 77.6 Å². The summed E-state index contributed by atoms with van der Waals surface area (Å²) in [5.74, 6) is -0.0567. The molecular weight excluding hydrogens is 244 g/mol. The van der Waals surface area contributed by atoms with Crippen molar-refractivity contribution in [1.29, 1.82) is 0 Å². The Morgan fingerprint density at radius 3 is 2.84 bits per heavy atom. The molecule has 0 bridgehead atoms. The van der Waals surface area contributed by atoms with Crippen molar-refractivity contribution in [1.82, 2.24) is 29.9 Å². The smallest absolute Gasteiger partial charge is 0.242 e. The molecule has 0 fully saturated rings. The molecule has 0 aliphatic rings. The zero-order valence-electron chi connectivity index (χ0n) is 11.4. The molecule has 1 N–H and O–H groups in total. The summed E-state index contributed by atoms with van der Waals surface area (Å²) in [6.07, 6.45) is 3.11. The SMILES string of the molecule is Cc1cc(C)n(CC(=O)NC(C)Cn2cncn2)n1. The van der Waals surface area contributed by atoms with E-state index in [-0.39, 0.29) is 18.5 Å². The van der Waals surface area contributed by atoms with E-state index in [1.807, 2.05) is 26.8 Å². The molecule has 0 radical (unpaired) electrons. The first-order chi connectivity index (χ1) is 9.04. The van der Waals surface area contributed by atoms with Gasteiger partial charge in [-0.25, -0.2) is 4.98 Å². The van der Waals surface area contributed by atoms with Crippen LogP contribution in [0.1, 0.15) is 18.3 Å². The first-order valence-corrected chi connectivity index (χ1v) is 6.17. The Hall–Kier alpha value is -2.18. The second-order valence-electron chi connectivity index (χ2n) is 4.67. The van der Waals surface area contributed by atoms with Crippen LogP contribution in [0.2, 0.25) is 0 Å². The molecule has 7 nitrogen and oxygen atoms in total. The van der Waals surface area contributed by atoms with E-state index < -0.39 is 0 Å². The molecular formula is C12H18N6O. The third-order valence-corrected chi connectivity index (χ3v) is 2.73. The molecule has 0 spiro atoms. The zero-order chi connectivity index (χ0) is 13.8. The highest BCUT2D eigenvalue weighted by atomic mass is 16.2. The van der Waals surface area contributed by atoms with Crippen LogP contribution < -0.4 is 5.32 Å². The van der Waals surface area contributed by atoms with E-state index in [1.54, 1.807) is 15.7 Å². The number of amides is 1. The van der Waals surface area contributed by atoms with Gasteiger partial charge in [0.15, 0.2) is 0 Å². The van der Waals surface area contributed by atoms with E-state index in [9.17, 15) is 4.79 Å². The lowest BCUT2D eigenvalue weighted by atomic mass is 10.3. The highest BCUT2D eigenvalue weighted by Gasteiger charge is 2.10. The molecule has 2 aromatic heterocycles. The van der Waals surface area contributed by atoms with Gasteiger partial charge in [-0.2, -0.15) is 10.2 Å². The average Bonchev–Trinajstić information content (AvgIpc) is 2.89. The summed E-state index contributed by atoms with van der Waals surface area (Å²) in [5.41, 5.74) is 1.90. The maximum Gasteiger partial charge on any atom is 0.242 e. The van der Waals surface area contributed by atoms with Gasteiger partial charge in [-0.05, 0) is 26.8 Å². The van der Waals surface area contributed by atoms with Crippen LogP contribution in [0.5, 0.6) is 0 Å². The Morgan fingerprint density at radius 1 is 1.47 bits per heavy atom. The van der Waals surface area contributed by atoms with Crippen molar-refractivity contribution in [3.63, 3.8) is 0 Å². The monoisotopic (exact) mass is 262 g/mol. The number of aryl methyl sites for hydroxylation is 2. The van der Waals surface area contributed by atoms with Crippen molar-refractivity contribution in [2.45, 2.75) is 39.9 Å². The third-order valence-electron chi connectivity index (χ3n) is 2.73. The maximum atomic E-state index is 11.9. The summed E-state index contributed by atoms with van der Waals surface area (Å²) >= 11 is 0. The summed E-state index contributed by atoms with van der Waals surface area (Å²) < 4.78 is 3.39. The molecule has 102 valence electrons. The molecule has 0 aliphatic carbocycles. The number of carbonyl (C=O) groups excluding carboxylic acids is 1. The zero-order valence-corrected chi connectivity index (χ0v) is 11.4. The Labute approximate surface area is 111 Å². The van der Waals surface area contributed by atoms with Gasteiger partial charge in [0.05, 0.1) is 12.2 Å². The number of hydrogen-bond acceptors (Lipinski definition) is 4. The lowest BCUT2D eigenvalue weighted by Gasteiger charge is -2.14. The third kappa shape index (κ3) is 3.64. The van der Waals surface area contributed by atoms with Gasteiger partial charge in [0.2, 0.25) is 5.91 Å². The molecule has 1 unspecified atom stereocenters. The Balaban J connectivity index is 1.85. The van der Waals surface area contributed by atoms with Crippen molar-refractivity contribution in [2.75, 3.05) is 0 Å².